The normalized spacial score (nSPS) is 11.8. The van der Waals surface area contributed by atoms with Crippen molar-refractivity contribution in [2.24, 2.45) is 0 Å². The molecule has 0 unspecified atom stereocenters. The summed E-state index contributed by atoms with van der Waals surface area (Å²) in [6.45, 7) is 5.21. The molecule has 1 heterocycles. The highest BCUT2D eigenvalue weighted by Gasteiger charge is 2.22. The van der Waals surface area contributed by atoms with Gasteiger partial charge in [-0.1, -0.05) is 23.4 Å². The van der Waals surface area contributed by atoms with Gasteiger partial charge in [-0.25, -0.2) is 9.18 Å². The van der Waals surface area contributed by atoms with Crippen LogP contribution < -0.4 is 11.1 Å². The van der Waals surface area contributed by atoms with Gasteiger partial charge in [0.15, 0.2) is 17.7 Å². The van der Waals surface area contributed by atoms with Gasteiger partial charge in [0.2, 0.25) is 0 Å². The Labute approximate surface area is 179 Å². The molecule has 0 aliphatic heterocycles. The first kappa shape index (κ1) is 22.5. The molecule has 3 rings (SSSR count). The van der Waals surface area contributed by atoms with Crippen molar-refractivity contribution in [3.63, 3.8) is 0 Å². The van der Waals surface area contributed by atoms with Crippen molar-refractivity contribution < 1.29 is 27.9 Å². The van der Waals surface area contributed by atoms with E-state index in [1.807, 2.05) is 0 Å². The maximum absolute atomic E-state index is 15.4. The van der Waals surface area contributed by atoms with Crippen LogP contribution in [0.5, 0.6) is 0 Å². The molecule has 1 aromatic heterocycles. The number of amides is 1. The zero-order valence-corrected chi connectivity index (χ0v) is 18.1. The fourth-order valence-corrected chi connectivity index (χ4v) is 3.19. The van der Waals surface area contributed by atoms with Gasteiger partial charge in [0.25, 0.3) is 0 Å². The van der Waals surface area contributed by atoms with Gasteiger partial charge in [-0.15, -0.1) is 0 Å². The van der Waals surface area contributed by atoms with Crippen LogP contribution in [0.4, 0.5) is 15.0 Å². The number of nitrogens with zero attached hydrogens (tertiary/aromatic N) is 1. The van der Waals surface area contributed by atoms with Crippen LogP contribution in [0.1, 0.15) is 38.2 Å². The van der Waals surface area contributed by atoms with Gasteiger partial charge < -0.3 is 29.8 Å². The number of aromatic nitrogens is 1. The summed E-state index contributed by atoms with van der Waals surface area (Å²) in [5, 5.41) is 6.89. The van der Waals surface area contributed by atoms with Crippen molar-refractivity contribution in [2.45, 2.75) is 39.2 Å². The van der Waals surface area contributed by atoms with Crippen LogP contribution in [0.15, 0.2) is 34.9 Å². The number of nitrogens with two attached hydrogens (primary N) is 1. The predicted octanol–water partition coefficient (Wildman–Crippen LogP) is 4.53. The third-order valence-corrected chi connectivity index (χ3v) is 4.51. The fraction of sp³-hybridized carbons (Fsp3) is 0.364. The van der Waals surface area contributed by atoms with Crippen molar-refractivity contribution in [1.82, 2.24) is 10.5 Å². The highest BCUT2D eigenvalue weighted by Crippen LogP contribution is 2.37. The summed E-state index contributed by atoms with van der Waals surface area (Å²) in [6, 6.07) is 8.31. The molecule has 166 valence electrons. The summed E-state index contributed by atoms with van der Waals surface area (Å²) in [5.74, 6) is -0.342. The second-order valence-corrected chi connectivity index (χ2v) is 7.95. The Kier molecular flexibility index (Phi) is 6.47. The summed E-state index contributed by atoms with van der Waals surface area (Å²) in [4.78, 5) is 11.9. The lowest BCUT2D eigenvalue weighted by molar-refractivity contribution is -0.105. The number of carbonyl (C=O) groups excluding carboxylic acids is 1. The van der Waals surface area contributed by atoms with Crippen LogP contribution in [0.25, 0.3) is 22.1 Å². The van der Waals surface area contributed by atoms with Gasteiger partial charge in [-0.05, 0) is 32.9 Å². The maximum atomic E-state index is 15.4. The van der Waals surface area contributed by atoms with Crippen LogP contribution in [0.2, 0.25) is 0 Å². The van der Waals surface area contributed by atoms with Crippen LogP contribution in [-0.4, -0.2) is 31.1 Å². The second kappa shape index (κ2) is 8.91. The molecule has 0 aliphatic rings. The summed E-state index contributed by atoms with van der Waals surface area (Å²) in [6.07, 6.45) is -1.31. The summed E-state index contributed by atoms with van der Waals surface area (Å²) >= 11 is 0. The van der Waals surface area contributed by atoms with Gasteiger partial charge in [0.05, 0.1) is 5.39 Å². The highest BCUT2D eigenvalue weighted by molar-refractivity contribution is 5.98. The molecular formula is C22H26FN3O5. The van der Waals surface area contributed by atoms with Gasteiger partial charge >= 0.3 is 6.09 Å². The molecule has 8 nitrogen and oxygen atoms in total. The molecule has 3 N–H and O–H groups in total. The number of ether oxygens (including phenoxy) is 3. The number of hydrogen-bond donors (Lipinski definition) is 2. The number of anilines is 1. The largest absolute Gasteiger partial charge is 0.444 e. The monoisotopic (exact) mass is 431 g/mol. The standard InChI is InChI=1S/C22H26FN3O5/c1-22(2,3)30-21(27)25-11-12-7-6-8-14(17(12)23)15-9-13(20(28-4)29-5)10-16-18(15)31-26-19(16)24/h6-10,20H,11H2,1-5H3,(H2,24,26)(H,25,27). The lowest BCUT2D eigenvalue weighted by atomic mass is 9.97. The molecule has 9 heteroatoms. The number of nitrogen functional groups attached to an aromatic ring is 1. The number of methoxy groups -OCH3 is 2. The minimum Gasteiger partial charge on any atom is -0.444 e. The van der Waals surface area contributed by atoms with Gasteiger partial charge in [0, 0.05) is 43.0 Å². The summed E-state index contributed by atoms with van der Waals surface area (Å²) < 4.78 is 36.7. The Morgan fingerprint density at radius 2 is 1.94 bits per heavy atom. The molecule has 1 amide bonds. The smallest absolute Gasteiger partial charge is 0.407 e. The molecule has 0 radical (unpaired) electrons. The molecule has 0 atom stereocenters. The number of rotatable bonds is 6. The van der Waals surface area contributed by atoms with Crippen molar-refractivity contribution in [3.05, 3.63) is 47.3 Å². The summed E-state index contributed by atoms with van der Waals surface area (Å²) in [5.41, 5.74) is 7.22. The van der Waals surface area contributed by atoms with E-state index < -0.39 is 23.8 Å². The highest BCUT2D eigenvalue weighted by atomic mass is 19.1. The minimum absolute atomic E-state index is 0.0469. The first-order valence-electron chi connectivity index (χ1n) is 9.63. The third-order valence-electron chi connectivity index (χ3n) is 4.51. The van der Waals surface area contributed by atoms with E-state index in [2.05, 4.69) is 10.5 Å². The molecule has 31 heavy (non-hydrogen) atoms. The molecule has 0 bridgehead atoms. The van der Waals surface area contributed by atoms with Crippen LogP contribution in [0, 0.1) is 5.82 Å². The van der Waals surface area contributed by atoms with Crippen LogP contribution >= 0.6 is 0 Å². The number of fused-ring (bicyclic) bond motifs is 1. The SMILES string of the molecule is COC(OC)c1cc(-c2cccc(CNC(=O)OC(C)(C)C)c2F)c2onc(N)c2c1. The van der Waals surface area contributed by atoms with Gasteiger partial charge in [-0.3, -0.25) is 0 Å². The lowest BCUT2D eigenvalue weighted by Crippen LogP contribution is -2.32. The predicted molar refractivity (Wildman–Crippen MR) is 114 cm³/mol. The minimum atomic E-state index is -0.683. The van der Waals surface area contributed by atoms with Gasteiger partial charge in [0.1, 0.15) is 11.4 Å². The topological polar surface area (TPSA) is 109 Å². The van der Waals surface area contributed by atoms with E-state index in [-0.39, 0.29) is 23.5 Å². The number of benzene rings is 2. The zero-order valence-electron chi connectivity index (χ0n) is 18.1. The van der Waals surface area contributed by atoms with Gasteiger partial charge in [-0.2, -0.15) is 0 Å². The van der Waals surface area contributed by atoms with E-state index >= 15 is 4.39 Å². The van der Waals surface area contributed by atoms with E-state index in [0.717, 1.165) is 0 Å². The Hall–Kier alpha value is -3.17. The summed E-state index contributed by atoms with van der Waals surface area (Å²) in [7, 11) is 3.00. The maximum Gasteiger partial charge on any atom is 0.407 e. The van der Waals surface area contributed by atoms with E-state index in [1.54, 1.807) is 51.1 Å². The van der Waals surface area contributed by atoms with Crippen molar-refractivity contribution in [2.75, 3.05) is 20.0 Å². The van der Waals surface area contributed by atoms with E-state index in [0.29, 0.717) is 22.1 Å². The number of hydrogen-bond acceptors (Lipinski definition) is 7. The Morgan fingerprint density at radius 3 is 2.58 bits per heavy atom. The van der Waals surface area contributed by atoms with Crippen molar-refractivity contribution >= 4 is 22.9 Å². The van der Waals surface area contributed by atoms with E-state index in [4.69, 9.17) is 24.5 Å². The Morgan fingerprint density at radius 1 is 1.23 bits per heavy atom. The number of carbonyl (C=O) groups is 1. The van der Waals surface area contributed by atoms with E-state index in [1.165, 1.54) is 14.2 Å². The zero-order chi connectivity index (χ0) is 22.8. The number of nitrogens with one attached hydrogen (secondary N) is 1. The Bertz CT molecular complexity index is 1090. The molecule has 0 saturated carbocycles. The lowest BCUT2D eigenvalue weighted by Gasteiger charge is -2.20. The average Bonchev–Trinajstić information content (AvgIpc) is 3.07. The molecule has 0 saturated heterocycles. The molecule has 2 aromatic carbocycles. The van der Waals surface area contributed by atoms with Crippen molar-refractivity contribution in [3.8, 4) is 11.1 Å². The molecule has 0 spiro atoms. The fourth-order valence-electron chi connectivity index (χ4n) is 3.19. The van der Waals surface area contributed by atoms with Crippen molar-refractivity contribution in [1.29, 1.82) is 0 Å². The first-order chi connectivity index (χ1) is 14.6. The molecule has 0 aliphatic carbocycles. The quantitative estimate of drug-likeness (QED) is 0.552. The molecule has 0 fully saturated rings. The number of halogens is 1. The molecular weight excluding hydrogens is 405 g/mol. The second-order valence-electron chi connectivity index (χ2n) is 7.95. The van der Waals surface area contributed by atoms with Crippen LogP contribution in [0.3, 0.4) is 0 Å². The average molecular weight is 431 g/mol. The molecule has 3 aromatic rings. The number of alkyl carbamates (subject to hydrolysis) is 1. The Balaban J connectivity index is 2.01. The third kappa shape index (κ3) is 4.95. The van der Waals surface area contributed by atoms with E-state index in [9.17, 15) is 4.79 Å². The van der Waals surface area contributed by atoms with Crippen LogP contribution in [-0.2, 0) is 20.8 Å². The first-order valence-corrected chi connectivity index (χ1v) is 9.63.